The molecule has 44 heavy (non-hydrogen) atoms. The number of aryl methyl sites for hydroxylation is 3. The molecule has 0 saturated carbocycles. The van der Waals surface area contributed by atoms with Crippen LogP contribution in [0.5, 0.6) is 5.75 Å². The van der Waals surface area contributed by atoms with Crippen LogP contribution in [-0.4, -0.2) is 46.1 Å². The average Bonchev–Trinajstić information content (AvgIpc) is 2.99. The number of anilines is 1. The molecule has 0 aliphatic rings. The van der Waals surface area contributed by atoms with Gasteiger partial charge in [0.15, 0.2) is 6.61 Å². The predicted molar refractivity (Wildman–Crippen MR) is 172 cm³/mol. The van der Waals surface area contributed by atoms with Gasteiger partial charge in [0.1, 0.15) is 12.3 Å². The van der Waals surface area contributed by atoms with Gasteiger partial charge in [0.25, 0.3) is 21.8 Å². The summed E-state index contributed by atoms with van der Waals surface area (Å²) in [5.41, 5.74) is 7.30. The molecule has 228 valence electrons. The molecule has 0 radical (unpaired) electrons. The lowest BCUT2D eigenvalue weighted by molar-refractivity contribution is -0.123. The number of hydrogen-bond acceptors (Lipinski definition) is 6. The smallest absolute Gasteiger partial charge is 0.264 e. The summed E-state index contributed by atoms with van der Waals surface area (Å²) in [4.78, 5) is 25.1. The van der Waals surface area contributed by atoms with Crippen LogP contribution >= 0.6 is 0 Å². The summed E-state index contributed by atoms with van der Waals surface area (Å²) in [7, 11) is -4.03. The van der Waals surface area contributed by atoms with Crippen LogP contribution in [-0.2, 0) is 26.0 Å². The van der Waals surface area contributed by atoms with Crippen molar-refractivity contribution in [2.75, 3.05) is 24.0 Å². The Hall–Kier alpha value is -4.96. The van der Waals surface area contributed by atoms with Gasteiger partial charge in [-0.1, -0.05) is 54.1 Å². The summed E-state index contributed by atoms with van der Waals surface area (Å²) in [5.74, 6) is -0.308. The lowest BCUT2D eigenvalue weighted by atomic mass is 10.1. The van der Waals surface area contributed by atoms with Gasteiger partial charge >= 0.3 is 0 Å². The van der Waals surface area contributed by atoms with Crippen molar-refractivity contribution in [2.24, 2.45) is 5.10 Å². The van der Waals surface area contributed by atoms with E-state index in [1.54, 1.807) is 48.5 Å². The van der Waals surface area contributed by atoms with E-state index in [0.717, 1.165) is 33.0 Å². The van der Waals surface area contributed by atoms with E-state index in [1.807, 2.05) is 57.2 Å². The van der Waals surface area contributed by atoms with Crippen molar-refractivity contribution in [3.8, 4) is 5.75 Å². The van der Waals surface area contributed by atoms with Gasteiger partial charge in [-0.2, -0.15) is 5.10 Å². The minimum atomic E-state index is -4.03. The quantitative estimate of drug-likeness (QED) is 0.168. The zero-order valence-corrected chi connectivity index (χ0v) is 25.8. The van der Waals surface area contributed by atoms with E-state index in [1.165, 1.54) is 18.3 Å². The van der Waals surface area contributed by atoms with Crippen molar-refractivity contribution < 1.29 is 22.7 Å². The molecule has 0 fully saturated rings. The number of carbonyl (C=O) groups is 2. The molecule has 0 unspecified atom stereocenters. The van der Waals surface area contributed by atoms with Gasteiger partial charge in [0.05, 0.1) is 16.8 Å². The SMILES string of the molecule is Cc1ccc(S(=O)(=O)N(CC(=O)N/N=C\c2ccc(OCC(=O)NCCc3ccccc3)cc2)c2cc(C)cc(C)c2)cc1. The summed E-state index contributed by atoms with van der Waals surface area (Å²) in [6.07, 6.45) is 2.18. The Labute approximate surface area is 258 Å². The molecule has 4 aromatic carbocycles. The number of ether oxygens (including phenoxy) is 1. The molecule has 0 bridgehead atoms. The van der Waals surface area contributed by atoms with Crippen LogP contribution in [0, 0.1) is 20.8 Å². The van der Waals surface area contributed by atoms with Crippen molar-refractivity contribution in [1.29, 1.82) is 0 Å². The molecule has 2 N–H and O–H groups in total. The maximum atomic E-state index is 13.6. The Balaban J connectivity index is 1.32. The first-order chi connectivity index (χ1) is 21.1. The van der Waals surface area contributed by atoms with E-state index in [2.05, 4.69) is 15.8 Å². The zero-order valence-electron chi connectivity index (χ0n) is 25.0. The number of amides is 2. The molecule has 2 amide bonds. The topological polar surface area (TPSA) is 117 Å². The van der Waals surface area contributed by atoms with Crippen LogP contribution in [0.2, 0.25) is 0 Å². The minimum Gasteiger partial charge on any atom is -0.484 e. The number of nitrogens with one attached hydrogen (secondary N) is 2. The molecule has 0 aliphatic carbocycles. The normalized spacial score (nSPS) is 11.2. The Morgan fingerprint density at radius 2 is 1.48 bits per heavy atom. The monoisotopic (exact) mass is 612 g/mol. The number of benzene rings is 4. The van der Waals surface area contributed by atoms with Crippen LogP contribution in [0.1, 0.15) is 27.8 Å². The first-order valence-electron chi connectivity index (χ1n) is 14.1. The largest absolute Gasteiger partial charge is 0.484 e. The fourth-order valence-electron chi connectivity index (χ4n) is 4.43. The third-order valence-corrected chi connectivity index (χ3v) is 8.41. The number of rotatable bonds is 13. The molecule has 0 heterocycles. The number of sulfonamides is 1. The Morgan fingerprint density at radius 3 is 2.14 bits per heavy atom. The molecule has 4 aromatic rings. The Morgan fingerprint density at radius 1 is 0.818 bits per heavy atom. The van der Waals surface area contributed by atoms with E-state index >= 15 is 0 Å². The lowest BCUT2D eigenvalue weighted by Crippen LogP contribution is -2.39. The number of nitrogens with zero attached hydrogens (tertiary/aromatic N) is 2. The molecule has 0 aromatic heterocycles. The van der Waals surface area contributed by atoms with Crippen LogP contribution in [0.15, 0.2) is 107 Å². The second kappa shape index (κ2) is 15.0. The highest BCUT2D eigenvalue weighted by atomic mass is 32.2. The Bertz CT molecular complexity index is 1690. The maximum Gasteiger partial charge on any atom is 0.264 e. The number of hydrazone groups is 1. The van der Waals surface area contributed by atoms with Crippen molar-refractivity contribution in [2.45, 2.75) is 32.1 Å². The molecule has 4 rings (SSSR count). The van der Waals surface area contributed by atoms with Gasteiger partial charge < -0.3 is 10.1 Å². The van der Waals surface area contributed by atoms with Gasteiger partial charge in [0, 0.05) is 6.54 Å². The summed E-state index contributed by atoms with van der Waals surface area (Å²) in [6.45, 7) is 5.56. The molecule has 0 atom stereocenters. The molecule has 9 nitrogen and oxygen atoms in total. The minimum absolute atomic E-state index is 0.0885. The van der Waals surface area contributed by atoms with E-state index in [0.29, 0.717) is 23.5 Å². The van der Waals surface area contributed by atoms with Gasteiger partial charge in [0.2, 0.25) is 0 Å². The van der Waals surface area contributed by atoms with E-state index in [-0.39, 0.29) is 17.4 Å². The number of hydrogen-bond donors (Lipinski definition) is 2. The summed E-state index contributed by atoms with van der Waals surface area (Å²) < 4.78 is 33.9. The first-order valence-corrected chi connectivity index (χ1v) is 15.6. The fourth-order valence-corrected chi connectivity index (χ4v) is 5.84. The number of carbonyl (C=O) groups excluding carboxylic acids is 2. The molecule has 0 saturated heterocycles. The van der Waals surface area contributed by atoms with E-state index in [9.17, 15) is 18.0 Å². The van der Waals surface area contributed by atoms with Crippen LogP contribution in [0.4, 0.5) is 5.69 Å². The van der Waals surface area contributed by atoms with Gasteiger partial charge in [-0.05, 0) is 98.0 Å². The second-order valence-electron chi connectivity index (χ2n) is 10.4. The summed E-state index contributed by atoms with van der Waals surface area (Å²) >= 11 is 0. The third kappa shape index (κ3) is 9.27. The molecule has 0 spiro atoms. The molecule has 0 aliphatic heterocycles. The molecule has 10 heteroatoms. The molecular formula is C34H36N4O5S. The highest BCUT2D eigenvalue weighted by Gasteiger charge is 2.27. The zero-order chi connectivity index (χ0) is 31.5. The van der Waals surface area contributed by atoms with Crippen LogP contribution < -0.4 is 19.8 Å². The predicted octanol–water partition coefficient (Wildman–Crippen LogP) is 4.70. The maximum absolute atomic E-state index is 13.6. The first kappa shape index (κ1) is 32.0. The standard InChI is InChI=1S/C34H36N4O5S/c1-25-9-15-32(16-10-25)44(41,42)38(30-20-26(2)19-27(3)21-30)23-33(39)37-36-22-29-11-13-31(14-12-29)43-24-34(40)35-18-17-28-7-5-4-6-8-28/h4-16,19-22H,17-18,23-24H2,1-3H3,(H,35,40)(H,37,39)/b36-22-. The van der Waals surface area contributed by atoms with Crippen LogP contribution in [0.25, 0.3) is 0 Å². The van der Waals surface area contributed by atoms with Gasteiger partial charge in [-0.3, -0.25) is 13.9 Å². The lowest BCUT2D eigenvalue weighted by Gasteiger charge is -2.24. The fraction of sp³-hybridized carbons (Fsp3) is 0.206. The highest BCUT2D eigenvalue weighted by molar-refractivity contribution is 7.92. The third-order valence-electron chi connectivity index (χ3n) is 6.62. The van der Waals surface area contributed by atoms with Gasteiger partial charge in [-0.25, -0.2) is 13.8 Å². The van der Waals surface area contributed by atoms with E-state index in [4.69, 9.17) is 4.74 Å². The second-order valence-corrected chi connectivity index (χ2v) is 12.3. The summed E-state index contributed by atoms with van der Waals surface area (Å²) in [6, 6.07) is 28.6. The van der Waals surface area contributed by atoms with Crippen molar-refractivity contribution in [3.63, 3.8) is 0 Å². The van der Waals surface area contributed by atoms with Crippen LogP contribution in [0.3, 0.4) is 0 Å². The Kier molecular flexibility index (Phi) is 10.9. The molecular weight excluding hydrogens is 576 g/mol. The highest BCUT2D eigenvalue weighted by Crippen LogP contribution is 2.26. The van der Waals surface area contributed by atoms with E-state index < -0.39 is 22.5 Å². The van der Waals surface area contributed by atoms with Gasteiger partial charge in [-0.15, -0.1) is 0 Å². The van der Waals surface area contributed by atoms with Crippen molar-refractivity contribution in [3.05, 3.63) is 125 Å². The van der Waals surface area contributed by atoms with Crippen molar-refractivity contribution >= 4 is 33.7 Å². The average molecular weight is 613 g/mol. The van der Waals surface area contributed by atoms with Crippen molar-refractivity contribution in [1.82, 2.24) is 10.7 Å². The summed E-state index contributed by atoms with van der Waals surface area (Å²) in [5, 5.41) is 6.84.